The smallest absolute Gasteiger partial charge is 0.155 e. The van der Waals surface area contributed by atoms with Crippen molar-refractivity contribution in [3.05, 3.63) is 48.0 Å². The maximum absolute atomic E-state index is 5.76. The third-order valence-electron chi connectivity index (χ3n) is 2.85. The SMILES string of the molecule is c1cnc2cc(-c3ccc4sccc4n3)oc2c1. The van der Waals surface area contributed by atoms with Crippen molar-refractivity contribution in [2.75, 3.05) is 0 Å². The maximum Gasteiger partial charge on any atom is 0.155 e. The first kappa shape index (κ1) is 9.79. The van der Waals surface area contributed by atoms with Crippen molar-refractivity contribution >= 4 is 32.7 Å². The predicted octanol–water partition coefficient (Wildman–Crippen LogP) is 4.10. The van der Waals surface area contributed by atoms with Gasteiger partial charge in [0.1, 0.15) is 11.2 Å². The number of fused-ring (bicyclic) bond motifs is 2. The van der Waals surface area contributed by atoms with Crippen molar-refractivity contribution < 1.29 is 4.42 Å². The molecule has 0 radical (unpaired) electrons. The monoisotopic (exact) mass is 252 g/mol. The fourth-order valence-electron chi connectivity index (χ4n) is 1.99. The molecule has 0 aliphatic rings. The zero-order chi connectivity index (χ0) is 11.9. The van der Waals surface area contributed by atoms with Gasteiger partial charge in [0.25, 0.3) is 0 Å². The molecule has 4 aromatic rings. The lowest BCUT2D eigenvalue weighted by molar-refractivity contribution is 0.628. The van der Waals surface area contributed by atoms with Gasteiger partial charge in [-0.15, -0.1) is 11.3 Å². The van der Waals surface area contributed by atoms with Crippen LogP contribution in [0.1, 0.15) is 0 Å². The van der Waals surface area contributed by atoms with Crippen LogP contribution in [-0.2, 0) is 0 Å². The Labute approximate surface area is 107 Å². The molecular weight excluding hydrogens is 244 g/mol. The molecule has 0 saturated heterocycles. The molecule has 0 amide bonds. The first-order chi connectivity index (χ1) is 8.90. The number of hydrogen-bond acceptors (Lipinski definition) is 4. The van der Waals surface area contributed by atoms with Gasteiger partial charge in [0, 0.05) is 12.3 Å². The van der Waals surface area contributed by atoms with Gasteiger partial charge in [-0.3, -0.25) is 4.98 Å². The average molecular weight is 252 g/mol. The fourth-order valence-corrected chi connectivity index (χ4v) is 2.71. The van der Waals surface area contributed by atoms with Crippen LogP contribution in [0.4, 0.5) is 0 Å². The van der Waals surface area contributed by atoms with Gasteiger partial charge in [-0.1, -0.05) is 0 Å². The van der Waals surface area contributed by atoms with E-state index in [9.17, 15) is 0 Å². The quantitative estimate of drug-likeness (QED) is 0.512. The largest absolute Gasteiger partial charge is 0.453 e. The second-order valence-electron chi connectivity index (χ2n) is 4.00. The van der Waals surface area contributed by atoms with Crippen LogP contribution in [-0.4, -0.2) is 9.97 Å². The summed E-state index contributed by atoms with van der Waals surface area (Å²) in [7, 11) is 0. The highest BCUT2D eigenvalue weighted by atomic mass is 32.1. The Balaban J connectivity index is 1.94. The van der Waals surface area contributed by atoms with Crippen LogP contribution in [0.2, 0.25) is 0 Å². The zero-order valence-corrected chi connectivity index (χ0v) is 10.1. The van der Waals surface area contributed by atoms with Gasteiger partial charge in [0.2, 0.25) is 0 Å². The molecule has 0 bridgehead atoms. The van der Waals surface area contributed by atoms with Crippen LogP contribution in [0, 0.1) is 0 Å². The Bertz CT molecular complexity index is 814. The van der Waals surface area contributed by atoms with Gasteiger partial charge in [0.15, 0.2) is 11.3 Å². The topological polar surface area (TPSA) is 38.9 Å². The summed E-state index contributed by atoms with van der Waals surface area (Å²) in [5.41, 5.74) is 3.50. The number of thiophene rings is 1. The average Bonchev–Trinajstić information content (AvgIpc) is 3.04. The molecule has 86 valence electrons. The summed E-state index contributed by atoms with van der Waals surface area (Å²) in [5, 5.41) is 2.04. The molecule has 0 aliphatic carbocycles. The lowest BCUT2D eigenvalue weighted by Crippen LogP contribution is -1.79. The molecule has 4 aromatic heterocycles. The highest BCUT2D eigenvalue weighted by molar-refractivity contribution is 7.17. The summed E-state index contributed by atoms with van der Waals surface area (Å²) in [4.78, 5) is 8.85. The van der Waals surface area contributed by atoms with E-state index in [1.54, 1.807) is 17.5 Å². The zero-order valence-electron chi connectivity index (χ0n) is 9.33. The summed E-state index contributed by atoms with van der Waals surface area (Å²) in [5.74, 6) is 0.761. The second-order valence-corrected chi connectivity index (χ2v) is 4.95. The lowest BCUT2D eigenvalue weighted by atomic mass is 10.2. The lowest BCUT2D eigenvalue weighted by Gasteiger charge is -1.95. The Morgan fingerprint density at radius 1 is 1.06 bits per heavy atom. The first-order valence-corrected chi connectivity index (χ1v) is 6.47. The van der Waals surface area contributed by atoms with Gasteiger partial charge in [-0.05, 0) is 35.7 Å². The second kappa shape index (κ2) is 3.65. The minimum Gasteiger partial charge on any atom is -0.453 e. The van der Waals surface area contributed by atoms with Gasteiger partial charge < -0.3 is 4.42 Å². The molecule has 0 aliphatic heterocycles. The molecule has 0 saturated carbocycles. The molecule has 0 N–H and O–H groups in total. The van der Waals surface area contributed by atoms with Crippen LogP contribution in [0.3, 0.4) is 0 Å². The van der Waals surface area contributed by atoms with Crippen LogP contribution in [0.25, 0.3) is 32.8 Å². The van der Waals surface area contributed by atoms with E-state index in [4.69, 9.17) is 4.42 Å². The Hall–Kier alpha value is -2.20. The number of furan rings is 1. The van der Waals surface area contributed by atoms with E-state index < -0.39 is 0 Å². The van der Waals surface area contributed by atoms with Crippen molar-refractivity contribution in [2.24, 2.45) is 0 Å². The van der Waals surface area contributed by atoms with E-state index in [0.29, 0.717) is 0 Å². The van der Waals surface area contributed by atoms with E-state index in [1.165, 1.54) is 4.70 Å². The summed E-state index contributed by atoms with van der Waals surface area (Å²) >= 11 is 1.69. The Morgan fingerprint density at radius 3 is 3.00 bits per heavy atom. The van der Waals surface area contributed by atoms with Crippen molar-refractivity contribution in [1.82, 2.24) is 9.97 Å². The molecule has 4 heteroatoms. The third-order valence-corrected chi connectivity index (χ3v) is 3.72. The van der Waals surface area contributed by atoms with Crippen molar-refractivity contribution in [1.29, 1.82) is 0 Å². The highest BCUT2D eigenvalue weighted by Gasteiger charge is 2.08. The Morgan fingerprint density at radius 2 is 2.06 bits per heavy atom. The summed E-state index contributed by atoms with van der Waals surface area (Å²) in [6, 6.07) is 11.8. The van der Waals surface area contributed by atoms with Crippen LogP contribution in [0.15, 0.2) is 52.4 Å². The number of aromatic nitrogens is 2. The fraction of sp³-hybridized carbons (Fsp3) is 0. The van der Waals surface area contributed by atoms with Crippen molar-refractivity contribution in [3.63, 3.8) is 0 Å². The van der Waals surface area contributed by atoms with Gasteiger partial charge in [0.05, 0.1) is 10.2 Å². The molecule has 0 spiro atoms. The summed E-state index contributed by atoms with van der Waals surface area (Å²) in [6.45, 7) is 0. The summed E-state index contributed by atoms with van der Waals surface area (Å²) in [6.07, 6.45) is 1.76. The Kier molecular flexibility index (Phi) is 1.98. The molecule has 0 aromatic carbocycles. The predicted molar refractivity (Wildman–Crippen MR) is 72.6 cm³/mol. The van der Waals surface area contributed by atoms with Gasteiger partial charge in [-0.2, -0.15) is 0 Å². The first-order valence-electron chi connectivity index (χ1n) is 5.59. The standard InChI is InChI=1S/C14H8N2OS/c1-2-12-11(15-6-1)8-13(17-12)9-3-4-14-10(16-9)5-7-18-14/h1-8H. The molecule has 18 heavy (non-hydrogen) atoms. The van der Waals surface area contributed by atoms with Crippen LogP contribution in [0.5, 0.6) is 0 Å². The molecule has 4 rings (SSSR count). The molecule has 3 nitrogen and oxygen atoms in total. The molecule has 0 fully saturated rings. The molecular formula is C14H8N2OS. The van der Waals surface area contributed by atoms with E-state index in [2.05, 4.69) is 16.0 Å². The normalized spacial score (nSPS) is 11.3. The number of hydrogen-bond donors (Lipinski definition) is 0. The van der Waals surface area contributed by atoms with E-state index >= 15 is 0 Å². The minimum absolute atomic E-state index is 0.761. The van der Waals surface area contributed by atoms with Gasteiger partial charge >= 0.3 is 0 Å². The number of pyridine rings is 2. The van der Waals surface area contributed by atoms with Crippen molar-refractivity contribution in [3.8, 4) is 11.5 Å². The molecule has 0 unspecified atom stereocenters. The van der Waals surface area contributed by atoms with Crippen LogP contribution >= 0.6 is 11.3 Å². The molecule has 4 heterocycles. The summed E-state index contributed by atoms with van der Waals surface area (Å²) < 4.78 is 6.95. The third kappa shape index (κ3) is 1.43. The molecule has 0 atom stereocenters. The van der Waals surface area contributed by atoms with E-state index in [-0.39, 0.29) is 0 Å². The number of rotatable bonds is 1. The number of nitrogens with zero attached hydrogens (tertiary/aromatic N) is 2. The van der Waals surface area contributed by atoms with E-state index in [0.717, 1.165) is 28.1 Å². The van der Waals surface area contributed by atoms with E-state index in [1.807, 2.05) is 35.7 Å². The maximum atomic E-state index is 5.76. The highest BCUT2D eigenvalue weighted by Crippen LogP contribution is 2.28. The van der Waals surface area contributed by atoms with Crippen LogP contribution < -0.4 is 0 Å². The van der Waals surface area contributed by atoms with Crippen molar-refractivity contribution in [2.45, 2.75) is 0 Å². The minimum atomic E-state index is 0.761. The van der Waals surface area contributed by atoms with Gasteiger partial charge in [-0.25, -0.2) is 4.98 Å².